The van der Waals surface area contributed by atoms with E-state index in [-0.39, 0.29) is 23.1 Å². The van der Waals surface area contributed by atoms with Gasteiger partial charge >= 0.3 is 0 Å². The van der Waals surface area contributed by atoms with E-state index in [0.717, 1.165) is 23.0 Å². The van der Waals surface area contributed by atoms with Gasteiger partial charge < -0.3 is 13.7 Å². The topological polar surface area (TPSA) is 92.8 Å². The Hall–Kier alpha value is -3.10. The van der Waals surface area contributed by atoms with Crippen molar-refractivity contribution in [2.24, 2.45) is 5.92 Å². The number of benzene rings is 2. The lowest BCUT2D eigenvalue weighted by Gasteiger charge is -2.29. The first-order valence-corrected chi connectivity index (χ1v) is 13.0. The van der Waals surface area contributed by atoms with E-state index >= 15 is 0 Å². The highest BCUT2D eigenvalue weighted by atomic mass is 32.2. The molecule has 180 valence electrons. The lowest BCUT2D eigenvalue weighted by atomic mass is 10.0. The number of carbonyl (C=O) groups excluding carboxylic acids is 1. The normalized spacial score (nSPS) is 13.1. The van der Waals surface area contributed by atoms with Crippen LogP contribution in [0.3, 0.4) is 0 Å². The molecule has 1 amide bonds. The minimum Gasteiger partial charge on any atom is -0.464 e. The highest BCUT2D eigenvalue weighted by molar-refractivity contribution is 7.89. The van der Waals surface area contributed by atoms with Crippen LogP contribution in [-0.2, 0) is 21.2 Å². The van der Waals surface area contributed by atoms with Crippen LogP contribution >= 0.6 is 0 Å². The van der Waals surface area contributed by atoms with Gasteiger partial charge in [-0.15, -0.1) is 0 Å². The molecule has 0 unspecified atom stereocenters. The van der Waals surface area contributed by atoms with Crippen molar-refractivity contribution in [2.45, 2.75) is 44.6 Å². The van der Waals surface area contributed by atoms with Crippen LogP contribution in [0.4, 0.5) is 0 Å². The van der Waals surface area contributed by atoms with Crippen molar-refractivity contribution in [2.75, 3.05) is 13.1 Å². The molecule has 8 heteroatoms. The molecule has 4 rings (SSSR count). The minimum atomic E-state index is -3.96. The average Bonchev–Trinajstić information content (AvgIpc) is 3.45. The fraction of sp³-hybridized carbons (Fsp3) is 0.346. The second-order valence-electron chi connectivity index (χ2n) is 8.97. The van der Waals surface area contributed by atoms with Crippen LogP contribution in [0.2, 0.25) is 0 Å². The fourth-order valence-electron chi connectivity index (χ4n) is 4.15. The number of nitrogens with zero attached hydrogens (tertiary/aromatic N) is 1. The van der Waals surface area contributed by atoms with Gasteiger partial charge in [0.05, 0.1) is 17.4 Å². The van der Waals surface area contributed by atoms with Crippen LogP contribution in [0.15, 0.2) is 74.8 Å². The molecule has 0 aliphatic carbocycles. The molecule has 2 heterocycles. The smallest absolute Gasteiger partial charge is 0.241 e. The molecule has 4 aromatic rings. The Kier molecular flexibility index (Phi) is 7.09. The first-order valence-electron chi connectivity index (χ1n) is 11.5. The molecule has 7 nitrogen and oxygen atoms in total. The van der Waals surface area contributed by atoms with Gasteiger partial charge in [-0.25, -0.2) is 8.42 Å². The van der Waals surface area contributed by atoms with E-state index in [2.05, 4.69) is 4.72 Å². The summed E-state index contributed by atoms with van der Waals surface area (Å²) < 4.78 is 40.1. The maximum absolute atomic E-state index is 13.6. The van der Waals surface area contributed by atoms with Gasteiger partial charge in [0, 0.05) is 23.9 Å². The van der Waals surface area contributed by atoms with E-state index in [1.807, 2.05) is 45.0 Å². The van der Waals surface area contributed by atoms with E-state index in [4.69, 9.17) is 8.83 Å². The predicted octanol–water partition coefficient (Wildman–Crippen LogP) is 4.96. The van der Waals surface area contributed by atoms with E-state index in [9.17, 15) is 13.2 Å². The molecule has 34 heavy (non-hydrogen) atoms. The minimum absolute atomic E-state index is 0.0930. The predicted molar refractivity (Wildman–Crippen MR) is 132 cm³/mol. The highest BCUT2D eigenvalue weighted by Gasteiger charge is 2.30. The van der Waals surface area contributed by atoms with Crippen molar-refractivity contribution in [1.82, 2.24) is 9.62 Å². The Morgan fingerprint density at radius 1 is 0.971 bits per heavy atom. The third-order valence-electron chi connectivity index (χ3n) is 5.68. The Balaban J connectivity index is 1.66. The van der Waals surface area contributed by atoms with Gasteiger partial charge in [0.2, 0.25) is 15.9 Å². The molecule has 0 saturated carbocycles. The maximum atomic E-state index is 13.6. The molecule has 0 bridgehead atoms. The van der Waals surface area contributed by atoms with Gasteiger partial charge in [0.1, 0.15) is 17.2 Å². The van der Waals surface area contributed by atoms with Gasteiger partial charge in [-0.3, -0.25) is 4.79 Å². The Labute approximate surface area is 199 Å². The fourth-order valence-corrected chi connectivity index (χ4v) is 5.37. The molecule has 2 aromatic carbocycles. The zero-order valence-electron chi connectivity index (χ0n) is 19.7. The lowest BCUT2D eigenvalue weighted by molar-refractivity contribution is -0.133. The number of rotatable bonds is 10. The molecule has 0 radical (unpaired) electrons. The number of fused-ring (bicyclic) bond motifs is 2. The monoisotopic (exact) mass is 482 g/mol. The third-order valence-corrected chi connectivity index (χ3v) is 7.15. The van der Waals surface area contributed by atoms with Crippen molar-refractivity contribution in [3.63, 3.8) is 0 Å². The van der Waals surface area contributed by atoms with Crippen molar-refractivity contribution in [3.05, 3.63) is 66.6 Å². The van der Waals surface area contributed by atoms with Gasteiger partial charge in [0.15, 0.2) is 0 Å². The first-order chi connectivity index (χ1) is 16.3. The summed E-state index contributed by atoms with van der Waals surface area (Å²) in [5, 5.41) is 1.59. The summed E-state index contributed by atoms with van der Waals surface area (Å²) in [5.41, 5.74) is 2.19. The summed E-state index contributed by atoms with van der Waals surface area (Å²) in [7, 11) is -3.96. The van der Waals surface area contributed by atoms with E-state index in [1.54, 1.807) is 29.4 Å². The van der Waals surface area contributed by atoms with Gasteiger partial charge in [-0.1, -0.05) is 26.8 Å². The SMILES string of the molecule is CCCN(CC(C)C)C(=O)[C@@H](Cc1ccc2occc2c1)NS(=O)(=O)c1ccc2occc2c1. The van der Waals surface area contributed by atoms with Crippen molar-refractivity contribution >= 4 is 37.9 Å². The molecule has 0 aliphatic heterocycles. The summed E-state index contributed by atoms with van der Waals surface area (Å²) in [6.07, 6.45) is 4.14. The van der Waals surface area contributed by atoms with Crippen molar-refractivity contribution in [1.29, 1.82) is 0 Å². The zero-order valence-corrected chi connectivity index (χ0v) is 20.5. The third kappa shape index (κ3) is 5.34. The van der Waals surface area contributed by atoms with Crippen molar-refractivity contribution < 1.29 is 22.0 Å². The van der Waals surface area contributed by atoms with Gasteiger partial charge in [-0.2, -0.15) is 4.72 Å². The van der Waals surface area contributed by atoms with Crippen LogP contribution in [0.25, 0.3) is 21.9 Å². The number of hydrogen-bond acceptors (Lipinski definition) is 5. The van der Waals surface area contributed by atoms with E-state index in [1.165, 1.54) is 12.3 Å². The van der Waals surface area contributed by atoms with Crippen LogP contribution in [0.1, 0.15) is 32.8 Å². The van der Waals surface area contributed by atoms with E-state index in [0.29, 0.717) is 24.1 Å². The molecule has 0 spiro atoms. The molecule has 0 fully saturated rings. The average molecular weight is 483 g/mol. The van der Waals surface area contributed by atoms with E-state index < -0.39 is 16.1 Å². The Morgan fingerprint density at radius 2 is 1.62 bits per heavy atom. The molecular weight excluding hydrogens is 452 g/mol. The van der Waals surface area contributed by atoms with Crippen molar-refractivity contribution in [3.8, 4) is 0 Å². The summed E-state index contributed by atoms with van der Waals surface area (Å²) >= 11 is 0. The molecule has 2 aromatic heterocycles. The number of furan rings is 2. The highest BCUT2D eigenvalue weighted by Crippen LogP contribution is 2.22. The second kappa shape index (κ2) is 10.0. The quantitative estimate of drug-likeness (QED) is 0.345. The van der Waals surface area contributed by atoms with Crippen LogP contribution in [-0.4, -0.2) is 38.4 Å². The lowest BCUT2D eigenvalue weighted by Crippen LogP contribution is -2.50. The number of amides is 1. The standard InChI is InChI=1S/C26H30N2O5S/c1-4-11-28(17-18(2)3)26(29)23(15-19-5-7-24-20(14-19)9-12-32-24)27-34(30,31)22-6-8-25-21(16-22)10-13-33-25/h5-10,12-14,16,18,23,27H,4,11,15,17H2,1-3H3/t23-/m1/s1. The van der Waals surface area contributed by atoms with Crippen LogP contribution in [0, 0.1) is 5.92 Å². The number of sulfonamides is 1. The van der Waals surface area contributed by atoms with Gasteiger partial charge in [0.25, 0.3) is 0 Å². The summed E-state index contributed by atoms with van der Waals surface area (Å²) in [5.74, 6) is 0.0364. The molecule has 1 atom stereocenters. The summed E-state index contributed by atoms with van der Waals surface area (Å²) in [4.78, 5) is 15.5. The second-order valence-corrected chi connectivity index (χ2v) is 10.7. The largest absolute Gasteiger partial charge is 0.464 e. The number of nitrogens with one attached hydrogen (secondary N) is 1. The summed E-state index contributed by atoms with van der Waals surface area (Å²) in [6, 6.07) is 12.9. The molecule has 1 N–H and O–H groups in total. The maximum Gasteiger partial charge on any atom is 0.241 e. The number of hydrogen-bond donors (Lipinski definition) is 1. The molecular formula is C26H30N2O5S. The Bertz CT molecular complexity index is 1390. The van der Waals surface area contributed by atoms with Gasteiger partial charge in [-0.05, 0) is 66.8 Å². The Morgan fingerprint density at radius 3 is 2.26 bits per heavy atom. The molecule has 0 aliphatic rings. The number of carbonyl (C=O) groups is 1. The first kappa shape index (κ1) is 24.0. The van der Waals surface area contributed by atoms with Crippen LogP contribution < -0.4 is 4.72 Å². The summed E-state index contributed by atoms with van der Waals surface area (Å²) in [6.45, 7) is 7.22. The van der Waals surface area contributed by atoms with Crippen LogP contribution in [0.5, 0.6) is 0 Å². The zero-order chi connectivity index (χ0) is 24.3. The molecule has 0 saturated heterocycles.